The Kier molecular flexibility index (Phi) is 54.5. The number of nitrogens with one attached hydrogen (secondary N) is 1. The molecule has 0 aromatic heterocycles. The third-order valence-corrected chi connectivity index (χ3v) is 14.2. The first kappa shape index (κ1) is 63.9. The van der Waals surface area contributed by atoms with Crippen molar-refractivity contribution in [3.63, 3.8) is 0 Å². The molecule has 0 rings (SSSR count). The molecule has 0 aliphatic carbocycles. The molecule has 0 bridgehead atoms. The Morgan fingerprint density at radius 2 is 0.631 bits per heavy atom. The Hall–Kier alpha value is -1.14. The quantitative estimate of drug-likeness (QED) is 0.0417. The molecule has 65 heavy (non-hydrogen) atoms. The van der Waals surface area contributed by atoms with E-state index in [1.54, 1.807) is 0 Å². The third-order valence-electron chi connectivity index (χ3n) is 14.2. The summed E-state index contributed by atoms with van der Waals surface area (Å²) < 4.78 is 5.49. The zero-order valence-corrected chi connectivity index (χ0v) is 44.3. The van der Waals surface area contributed by atoms with Gasteiger partial charge in [0.25, 0.3) is 0 Å². The van der Waals surface area contributed by atoms with Crippen molar-refractivity contribution in [1.82, 2.24) is 5.32 Å². The summed E-state index contributed by atoms with van der Waals surface area (Å²) in [5, 5.41) is 23.2. The number of unbranched alkanes of at least 4 members (excludes halogenated alkanes) is 45. The van der Waals surface area contributed by atoms with Crippen molar-refractivity contribution in [3.8, 4) is 0 Å². The van der Waals surface area contributed by atoms with Crippen LogP contribution in [0.15, 0.2) is 0 Å². The van der Waals surface area contributed by atoms with Crippen molar-refractivity contribution in [3.05, 3.63) is 0 Å². The van der Waals surface area contributed by atoms with E-state index in [0.717, 1.165) is 38.5 Å². The van der Waals surface area contributed by atoms with E-state index in [-0.39, 0.29) is 18.5 Å². The standard InChI is InChI=1S/C59H117NO5/c1-3-5-7-9-11-13-15-17-18-21-25-29-33-37-41-45-49-53-59(64)65-54-50-46-42-38-34-30-26-23-20-19-22-24-28-32-36-40-44-48-52-58(63)60-56(55-61)57(62)51-47-43-39-35-31-27-16-14-12-10-8-6-4-2/h56-57,61-62H,3-55H2,1-2H3,(H,60,63). The van der Waals surface area contributed by atoms with E-state index in [1.807, 2.05) is 0 Å². The van der Waals surface area contributed by atoms with Gasteiger partial charge in [0.05, 0.1) is 25.4 Å². The van der Waals surface area contributed by atoms with Crippen molar-refractivity contribution in [1.29, 1.82) is 0 Å². The highest BCUT2D eigenvalue weighted by atomic mass is 16.5. The van der Waals surface area contributed by atoms with Gasteiger partial charge in [0, 0.05) is 12.8 Å². The SMILES string of the molecule is CCCCCCCCCCCCCCCCCCCC(=O)OCCCCCCCCCCCCCCCCCCCCC(=O)NC(CO)C(O)CCCCCCCCCCCCCCC. The minimum Gasteiger partial charge on any atom is -0.466 e. The summed E-state index contributed by atoms with van der Waals surface area (Å²) >= 11 is 0. The zero-order chi connectivity index (χ0) is 47.2. The van der Waals surface area contributed by atoms with Gasteiger partial charge >= 0.3 is 5.97 Å². The Labute approximate surface area is 406 Å². The Morgan fingerprint density at radius 1 is 0.369 bits per heavy atom. The second kappa shape index (κ2) is 55.5. The van der Waals surface area contributed by atoms with Crippen LogP contribution in [0.4, 0.5) is 0 Å². The summed E-state index contributed by atoms with van der Waals surface area (Å²) in [6.07, 6.45) is 63.8. The molecule has 6 heteroatoms. The molecule has 0 saturated carbocycles. The van der Waals surface area contributed by atoms with Crippen LogP contribution >= 0.6 is 0 Å². The fourth-order valence-electron chi connectivity index (χ4n) is 9.58. The summed E-state index contributed by atoms with van der Waals surface area (Å²) in [5.41, 5.74) is 0. The second-order valence-electron chi connectivity index (χ2n) is 20.7. The Bertz CT molecular complexity index is 928. The topological polar surface area (TPSA) is 95.9 Å². The van der Waals surface area contributed by atoms with Gasteiger partial charge in [-0.3, -0.25) is 9.59 Å². The lowest BCUT2D eigenvalue weighted by Gasteiger charge is -2.22. The molecule has 0 aromatic carbocycles. The van der Waals surface area contributed by atoms with Crippen LogP contribution in [-0.2, 0) is 14.3 Å². The molecule has 0 aliphatic rings. The molecule has 0 aliphatic heterocycles. The average molecular weight is 921 g/mol. The number of rotatable bonds is 56. The van der Waals surface area contributed by atoms with E-state index >= 15 is 0 Å². The van der Waals surface area contributed by atoms with Crippen molar-refractivity contribution in [2.45, 2.75) is 353 Å². The van der Waals surface area contributed by atoms with Gasteiger partial charge in [-0.15, -0.1) is 0 Å². The van der Waals surface area contributed by atoms with Crippen LogP contribution in [0.5, 0.6) is 0 Å². The lowest BCUT2D eigenvalue weighted by Crippen LogP contribution is -2.45. The second-order valence-corrected chi connectivity index (χ2v) is 20.7. The molecular formula is C59H117NO5. The van der Waals surface area contributed by atoms with E-state index in [9.17, 15) is 19.8 Å². The van der Waals surface area contributed by atoms with E-state index < -0.39 is 12.1 Å². The zero-order valence-electron chi connectivity index (χ0n) is 44.3. The Balaban J connectivity index is 3.36. The molecule has 0 spiro atoms. The number of hydrogen-bond donors (Lipinski definition) is 3. The maximum Gasteiger partial charge on any atom is 0.305 e. The molecule has 2 atom stereocenters. The average Bonchev–Trinajstić information content (AvgIpc) is 3.31. The normalized spacial score (nSPS) is 12.5. The molecular weight excluding hydrogens is 803 g/mol. The van der Waals surface area contributed by atoms with E-state index in [0.29, 0.717) is 25.9 Å². The van der Waals surface area contributed by atoms with Crippen molar-refractivity contribution < 1.29 is 24.5 Å². The van der Waals surface area contributed by atoms with E-state index in [1.165, 1.54) is 270 Å². The number of esters is 1. The third kappa shape index (κ3) is 52.1. The molecule has 0 aromatic rings. The van der Waals surface area contributed by atoms with Crippen LogP contribution < -0.4 is 5.32 Å². The molecule has 2 unspecified atom stereocenters. The van der Waals surface area contributed by atoms with Gasteiger partial charge in [-0.1, -0.05) is 303 Å². The summed E-state index contributed by atoms with van der Waals surface area (Å²) in [6, 6.07) is -0.542. The lowest BCUT2D eigenvalue weighted by atomic mass is 10.0. The fraction of sp³-hybridized carbons (Fsp3) is 0.966. The number of carbonyl (C=O) groups excluding carboxylic acids is 2. The Morgan fingerprint density at radius 3 is 0.938 bits per heavy atom. The van der Waals surface area contributed by atoms with Gasteiger partial charge in [0.2, 0.25) is 5.91 Å². The van der Waals surface area contributed by atoms with Gasteiger partial charge in [0.1, 0.15) is 0 Å². The smallest absolute Gasteiger partial charge is 0.305 e. The monoisotopic (exact) mass is 920 g/mol. The minimum absolute atomic E-state index is 0.0122. The molecule has 0 fully saturated rings. The number of carbonyl (C=O) groups is 2. The number of amides is 1. The first-order valence-corrected chi connectivity index (χ1v) is 29.8. The molecule has 3 N–H and O–H groups in total. The predicted molar refractivity (Wildman–Crippen MR) is 283 cm³/mol. The van der Waals surface area contributed by atoms with E-state index in [4.69, 9.17) is 4.74 Å². The molecule has 0 saturated heterocycles. The maximum absolute atomic E-state index is 12.5. The molecule has 388 valence electrons. The first-order chi connectivity index (χ1) is 32.0. The van der Waals surface area contributed by atoms with Crippen molar-refractivity contribution in [2.75, 3.05) is 13.2 Å². The van der Waals surface area contributed by atoms with Gasteiger partial charge in [-0.05, 0) is 25.7 Å². The number of ether oxygens (including phenoxy) is 1. The highest BCUT2D eigenvalue weighted by Crippen LogP contribution is 2.18. The molecule has 6 nitrogen and oxygen atoms in total. The highest BCUT2D eigenvalue weighted by molar-refractivity contribution is 5.76. The highest BCUT2D eigenvalue weighted by Gasteiger charge is 2.20. The first-order valence-electron chi connectivity index (χ1n) is 29.8. The number of aliphatic hydroxyl groups excluding tert-OH is 2. The van der Waals surface area contributed by atoms with Gasteiger partial charge in [-0.2, -0.15) is 0 Å². The van der Waals surface area contributed by atoms with Crippen LogP contribution in [0, 0.1) is 0 Å². The summed E-state index contributed by atoms with van der Waals surface area (Å²) in [5.74, 6) is -0.0247. The fourth-order valence-corrected chi connectivity index (χ4v) is 9.58. The van der Waals surface area contributed by atoms with Gasteiger partial charge in [-0.25, -0.2) is 0 Å². The largest absolute Gasteiger partial charge is 0.466 e. The predicted octanol–water partition coefficient (Wildman–Crippen LogP) is 18.3. The molecule has 1 amide bonds. The molecule has 0 radical (unpaired) electrons. The van der Waals surface area contributed by atoms with E-state index in [2.05, 4.69) is 19.2 Å². The van der Waals surface area contributed by atoms with Gasteiger partial charge in [0.15, 0.2) is 0 Å². The lowest BCUT2D eigenvalue weighted by molar-refractivity contribution is -0.143. The van der Waals surface area contributed by atoms with Gasteiger partial charge < -0.3 is 20.3 Å². The summed E-state index contributed by atoms with van der Waals surface area (Å²) in [6.45, 7) is 4.97. The maximum atomic E-state index is 12.5. The van der Waals surface area contributed by atoms with Crippen molar-refractivity contribution in [2.24, 2.45) is 0 Å². The van der Waals surface area contributed by atoms with Crippen LogP contribution in [0.2, 0.25) is 0 Å². The minimum atomic E-state index is -0.665. The van der Waals surface area contributed by atoms with Crippen molar-refractivity contribution >= 4 is 11.9 Å². The number of aliphatic hydroxyl groups is 2. The molecule has 0 heterocycles. The van der Waals surface area contributed by atoms with Crippen LogP contribution in [0.25, 0.3) is 0 Å². The van der Waals surface area contributed by atoms with Crippen LogP contribution in [0.1, 0.15) is 341 Å². The number of hydrogen-bond acceptors (Lipinski definition) is 5. The van der Waals surface area contributed by atoms with Crippen LogP contribution in [-0.4, -0.2) is 47.4 Å². The van der Waals surface area contributed by atoms with Crippen LogP contribution in [0.3, 0.4) is 0 Å². The summed E-state index contributed by atoms with van der Waals surface area (Å²) in [4.78, 5) is 24.5. The summed E-state index contributed by atoms with van der Waals surface area (Å²) in [7, 11) is 0.